The smallest absolute Gasteiger partial charge is 0.145 e. The van der Waals surface area contributed by atoms with Gasteiger partial charge in [0.2, 0.25) is 0 Å². The van der Waals surface area contributed by atoms with Gasteiger partial charge in [-0.3, -0.25) is 4.99 Å². The third kappa shape index (κ3) is 3.50. The molecule has 3 nitrogen and oxygen atoms in total. The Morgan fingerprint density at radius 3 is 2.57 bits per heavy atom. The molecule has 0 bridgehead atoms. The zero-order valence-electron chi connectivity index (χ0n) is 12.5. The van der Waals surface area contributed by atoms with Crippen molar-refractivity contribution in [2.24, 2.45) is 4.99 Å². The van der Waals surface area contributed by atoms with Gasteiger partial charge in [0.15, 0.2) is 0 Å². The maximum atomic E-state index is 8.82. The Bertz CT molecular complexity index is 902. The number of halogens is 1. The summed E-state index contributed by atoms with van der Waals surface area (Å²) >= 11 is 6.08. The summed E-state index contributed by atoms with van der Waals surface area (Å²) in [6, 6.07) is 18.7. The molecule has 0 aliphatic rings. The minimum Gasteiger partial charge on any atom is -0.455 e. The summed E-state index contributed by atoms with van der Waals surface area (Å²) < 4.78 is 5.75. The highest BCUT2D eigenvalue weighted by Gasteiger charge is 2.04. The standard InChI is InChI=1S/C19H13ClN2O/c1-13-2-7-16(10-18(13)20)22-12-17-8-9-19(23-17)15-5-3-14(11-21)4-6-15/h2-10,12H,1H3. The van der Waals surface area contributed by atoms with Gasteiger partial charge in [-0.2, -0.15) is 5.26 Å². The average molecular weight is 321 g/mol. The van der Waals surface area contributed by atoms with Gasteiger partial charge in [-0.15, -0.1) is 0 Å². The largest absolute Gasteiger partial charge is 0.455 e. The van der Waals surface area contributed by atoms with Gasteiger partial charge in [-0.25, -0.2) is 0 Å². The molecule has 0 atom stereocenters. The lowest BCUT2D eigenvalue weighted by Crippen LogP contribution is -1.78. The Morgan fingerprint density at radius 2 is 1.87 bits per heavy atom. The van der Waals surface area contributed by atoms with Gasteiger partial charge in [-0.05, 0) is 61.0 Å². The highest BCUT2D eigenvalue weighted by Crippen LogP contribution is 2.24. The highest BCUT2D eigenvalue weighted by molar-refractivity contribution is 6.31. The molecule has 4 heteroatoms. The van der Waals surface area contributed by atoms with Crippen molar-refractivity contribution in [1.29, 1.82) is 5.26 Å². The van der Waals surface area contributed by atoms with E-state index in [1.165, 1.54) is 0 Å². The topological polar surface area (TPSA) is 49.3 Å². The second kappa shape index (κ2) is 6.51. The molecule has 0 spiro atoms. The molecule has 3 rings (SSSR count). The molecule has 0 aliphatic heterocycles. The van der Waals surface area contributed by atoms with E-state index >= 15 is 0 Å². The number of nitriles is 1. The first kappa shape index (κ1) is 15.1. The van der Waals surface area contributed by atoms with Crippen LogP contribution in [0.3, 0.4) is 0 Å². The van der Waals surface area contributed by atoms with Crippen molar-refractivity contribution in [3.8, 4) is 17.4 Å². The summed E-state index contributed by atoms with van der Waals surface area (Å²) in [6.45, 7) is 1.95. The second-order valence-electron chi connectivity index (χ2n) is 5.08. The fraction of sp³-hybridized carbons (Fsp3) is 0.0526. The van der Waals surface area contributed by atoms with Crippen LogP contribution >= 0.6 is 11.6 Å². The Hall–Kier alpha value is -2.83. The van der Waals surface area contributed by atoms with Crippen molar-refractivity contribution < 1.29 is 4.42 Å². The summed E-state index contributed by atoms with van der Waals surface area (Å²) in [5.41, 5.74) is 3.34. The molecule has 1 aromatic heterocycles. The minimum absolute atomic E-state index is 0.623. The van der Waals surface area contributed by atoms with Crippen LogP contribution in [-0.2, 0) is 0 Å². The molecule has 3 aromatic rings. The van der Waals surface area contributed by atoms with E-state index < -0.39 is 0 Å². The van der Waals surface area contributed by atoms with Crippen LogP contribution in [0.1, 0.15) is 16.9 Å². The maximum Gasteiger partial charge on any atom is 0.145 e. The molecule has 23 heavy (non-hydrogen) atoms. The number of aliphatic imine (C=N–C) groups is 1. The quantitative estimate of drug-likeness (QED) is 0.596. The van der Waals surface area contributed by atoms with Crippen LogP contribution in [0.2, 0.25) is 5.02 Å². The van der Waals surface area contributed by atoms with Gasteiger partial charge < -0.3 is 4.42 Å². The molecular weight excluding hydrogens is 308 g/mol. The molecule has 0 N–H and O–H groups in total. The zero-order valence-corrected chi connectivity index (χ0v) is 13.2. The first-order chi connectivity index (χ1) is 11.2. The lowest BCUT2D eigenvalue weighted by molar-refractivity contribution is 0.575. The molecule has 0 saturated heterocycles. The van der Waals surface area contributed by atoms with Gasteiger partial charge in [-0.1, -0.05) is 17.7 Å². The maximum absolute atomic E-state index is 8.82. The Labute approximate surface area is 139 Å². The van der Waals surface area contributed by atoms with Crippen LogP contribution in [-0.4, -0.2) is 6.21 Å². The monoisotopic (exact) mass is 320 g/mol. The van der Waals surface area contributed by atoms with E-state index in [1.54, 1.807) is 18.3 Å². The van der Waals surface area contributed by atoms with E-state index in [2.05, 4.69) is 11.1 Å². The van der Waals surface area contributed by atoms with E-state index in [0.29, 0.717) is 16.3 Å². The minimum atomic E-state index is 0.623. The summed E-state index contributed by atoms with van der Waals surface area (Å²) in [5, 5.41) is 9.51. The van der Waals surface area contributed by atoms with Crippen LogP contribution in [0, 0.1) is 18.3 Å². The first-order valence-corrected chi connectivity index (χ1v) is 7.44. The Kier molecular flexibility index (Phi) is 4.27. The third-order valence-corrected chi connectivity index (χ3v) is 3.83. The Balaban J connectivity index is 1.79. The molecule has 112 valence electrons. The van der Waals surface area contributed by atoms with Gasteiger partial charge in [0, 0.05) is 10.6 Å². The summed E-state index contributed by atoms with van der Waals surface area (Å²) in [5.74, 6) is 1.39. The van der Waals surface area contributed by atoms with Crippen LogP contribution in [0.5, 0.6) is 0 Å². The second-order valence-corrected chi connectivity index (χ2v) is 5.49. The van der Waals surface area contributed by atoms with Gasteiger partial charge >= 0.3 is 0 Å². The average Bonchev–Trinajstić information content (AvgIpc) is 3.05. The molecule has 0 fully saturated rings. The van der Waals surface area contributed by atoms with Gasteiger partial charge in [0.05, 0.1) is 23.5 Å². The van der Waals surface area contributed by atoms with E-state index in [9.17, 15) is 0 Å². The van der Waals surface area contributed by atoms with Crippen molar-refractivity contribution in [2.75, 3.05) is 0 Å². The van der Waals surface area contributed by atoms with Gasteiger partial charge in [0.25, 0.3) is 0 Å². The molecular formula is C19H13ClN2O. The zero-order chi connectivity index (χ0) is 16.2. The van der Waals surface area contributed by atoms with E-state index in [1.807, 2.05) is 49.4 Å². The fourth-order valence-electron chi connectivity index (χ4n) is 2.09. The van der Waals surface area contributed by atoms with Crippen LogP contribution in [0.4, 0.5) is 5.69 Å². The van der Waals surface area contributed by atoms with Crippen molar-refractivity contribution in [2.45, 2.75) is 6.92 Å². The number of nitrogens with zero attached hydrogens (tertiary/aromatic N) is 2. The van der Waals surface area contributed by atoms with Crippen molar-refractivity contribution in [3.05, 3.63) is 76.5 Å². The third-order valence-electron chi connectivity index (χ3n) is 3.42. The number of furan rings is 1. The van der Waals surface area contributed by atoms with E-state index in [0.717, 1.165) is 22.6 Å². The van der Waals surface area contributed by atoms with Crippen molar-refractivity contribution >= 4 is 23.5 Å². The predicted molar refractivity (Wildman–Crippen MR) is 92.3 cm³/mol. The van der Waals surface area contributed by atoms with Crippen molar-refractivity contribution in [3.63, 3.8) is 0 Å². The van der Waals surface area contributed by atoms with Crippen LogP contribution in [0.25, 0.3) is 11.3 Å². The predicted octanol–water partition coefficient (Wildman–Crippen LogP) is 5.53. The lowest BCUT2D eigenvalue weighted by Gasteiger charge is -1.98. The normalized spacial score (nSPS) is 10.8. The highest BCUT2D eigenvalue weighted by atomic mass is 35.5. The summed E-state index contributed by atoms with van der Waals surface area (Å²) in [4.78, 5) is 4.37. The molecule has 1 heterocycles. The molecule has 2 aromatic carbocycles. The first-order valence-electron chi connectivity index (χ1n) is 7.06. The number of aryl methyl sites for hydroxylation is 1. The van der Waals surface area contributed by atoms with Crippen molar-refractivity contribution in [1.82, 2.24) is 0 Å². The van der Waals surface area contributed by atoms with E-state index in [-0.39, 0.29) is 0 Å². The fourth-order valence-corrected chi connectivity index (χ4v) is 2.26. The van der Waals surface area contributed by atoms with E-state index in [4.69, 9.17) is 21.3 Å². The SMILES string of the molecule is Cc1ccc(N=Cc2ccc(-c3ccc(C#N)cc3)o2)cc1Cl. The van der Waals surface area contributed by atoms with Gasteiger partial charge in [0.1, 0.15) is 11.5 Å². The number of hydrogen-bond donors (Lipinski definition) is 0. The molecule has 0 amide bonds. The van der Waals surface area contributed by atoms with Crippen LogP contribution < -0.4 is 0 Å². The number of hydrogen-bond acceptors (Lipinski definition) is 3. The molecule has 0 radical (unpaired) electrons. The van der Waals surface area contributed by atoms with Crippen LogP contribution in [0.15, 0.2) is 64.0 Å². The molecule has 0 aliphatic carbocycles. The molecule has 0 saturated carbocycles. The summed E-state index contributed by atoms with van der Waals surface area (Å²) in [7, 11) is 0. The number of benzene rings is 2. The molecule has 0 unspecified atom stereocenters. The Morgan fingerprint density at radius 1 is 1.09 bits per heavy atom. The lowest BCUT2D eigenvalue weighted by atomic mass is 10.1. The summed E-state index contributed by atoms with van der Waals surface area (Å²) in [6.07, 6.45) is 1.66. The number of rotatable bonds is 3.